The molecule has 0 unspecified atom stereocenters. The monoisotopic (exact) mass is 317 g/mol. The van der Waals surface area contributed by atoms with Crippen LogP contribution in [0.1, 0.15) is 24.1 Å². The first-order chi connectivity index (χ1) is 10.0. The summed E-state index contributed by atoms with van der Waals surface area (Å²) in [6, 6.07) is 1.85. The van der Waals surface area contributed by atoms with Gasteiger partial charge in [-0.15, -0.1) is 0 Å². The van der Waals surface area contributed by atoms with Crippen molar-refractivity contribution in [2.45, 2.75) is 39.8 Å². The van der Waals surface area contributed by atoms with Crippen molar-refractivity contribution in [1.29, 1.82) is 0 Å². The average molecular weight is 317 g/mol. The van der Waals surface area contributed by atoms with Gasteiger partial charge in [0.05, 0.1) is 6.57 Å². The van der Waals surface area contributed by atoms with Crippen molar-refractivity contribution in [3.63, 3.8) is 0 Å². The van der Waals surface area contributed by atoms with Gasteiger partial charge >= 0.3 is 0 Å². The van der Waals surface area contributed by atoms with Crippen LogP contribution in [0, 0.1) is 30.0 Å². The van der Waals surface area contributed by atoms with Crippen LogP contribution in [0.15, 0.2) is 6.07 Å². The maximum Gasteiger partial charge on any atom is 0.208 e. The van der Waals surface area contributed by atoms with Gasteiger partial charge < -0.3 is 0 Å². The third-order valence-corrected chi connectivity index (χ3v) is 4.57. The summed E-state index contributed by atoms with van der Waals surface area (Å²) in [5, 5.41) is 0. The fourth-order valence-electron chi connectivity index (χ4n) is 2.67. The Bertz CT molecular complexity index is 841. The maximum absolute atomic E-state index is 7.18. The van der Waals surface area contributed by atoms with Gasteiger partial charge in [-0.05, 0) is 62.8 Å². The Morgan fingerprint density at radius 2 is 1.71 bits per heavy atom. The molecule has 7 heteroatoms. The molecule has 0 amide bonds. The van der Waals surface area contributed by atoms with E-state index < -0.39 is 0 Å². The first-order valence-corrected chi connectivity index (χ1v) is 7.65. The van der Waals surface area contributed by atoms with Gasteiger partial charge in [-0.25, -0.2) is 14.4 Å². The molecule has 0 saturated heterocycles. The molecule has 3 rings (SSSR count). The summed E-state index contributed by atoms with van der Waals surface area (Å²) in [4.78, 5) is 8.06. The van der Waals surface area contributed by atoms with E-state index in [1.165, 1.54) is 0 Å². The van der Waals surface area contributed by atoms with Crippen LogP contribution in [-0.2, 0) is 13.1 Å². The molecular weight excluding hydrogens is 302 g/mol. The Morgan fingerprint density at radius 1 is 1.14 bits per heavy atom. The molecule has 0 fully saturated rings. The lowest BCUT2D eigenvalue weighted by Crippen LogP contribution is -2.18. The molecule has 0 bridgehead atoms. The summed E-state index contributed by atoms with van der Waals surface area (Å²) in [5.41, 5.74) is 2.19. The summed E-state index contributed by atoms with van der Waals surface area (Å²) >= 11 is 11.2. The van der Waals surface area contributed by atoms with Crippen molar-refractivity contribution in [1.82, 2.24) is 18.9 Å². The average Bonchev–Trinajstić information content (AvgIpc) is 2.74. The number of rotatable bonds is 1. The fraction of sp³-hybridized carbons (Fsp3) is 0.429. The summed E-state index contributed by atoms with van der Waals surface area (Å²) in [7, 11) is 0. The Kier molecular flexibility index (Phi) is 3.51. The number of pyridine rings is 1. The van der Waals surface area contributed by atoms with Gasteiger partial charge in [0, 0.05) is 18.8 Å². The molecule has 3 heterocycles. The lowest BCUT2D eigenvalue weighted by atomic mass is 10.2. The van der Waals surface area contributed by atoms with Crippen LogP contribution in [0.25, 0.3) is 10.7 Å². The molecule has 1 aliphatic rings. The van der Waals surface area contributed by atoms with E-state index in [2.05, 4.69) is 19.2 Å². The topological polar surface area (TPSA) is 32.0 Å². The highest BCUT2D eigenvalue weighted by Crippen LogP contribution is 2.24. The Hall–Kier alpha value is -1.78. The number of hydrogen-bond acceptors (Lipinski definition) is 3. The van der Waals surface area contributed by atoms with Crippen LogP contribution < -0.4 is 0 Å². The van der Waals surface area contributed by atoms with Crippen molar-refractivity contribution in [2.75, 3.05) is 0 Å². The van der Waals surface area contributed by atoms with Gasteiger partial charge in [0.15, 0.2) is 0 Å². The third kappa shape index (κ3) is 2.15. The predicted octanol–water partition coefficient (Wildman–Crippen LogP) is 3.90. The van der Waals surface area contributed by atoms with Crippen molar-refractivity contribution in [3.8, 4) is 5.82 Å². The van der Waals surface area contributed by atoms with E-state index in [0.29, 0.717) is 20.9 Å². The van der Waals surface area contributed by atoms with E-state index in [-0.39, 0.29) is 0 Å². The van der Waals surface area contributed by atoms with Crippen LogP contribution in [0.3, 0.4) is 0 Å². The molecule has 1 aliphatic heterocycles. The number of nitrogens with zero attached hydrogens (tertiary/aromatic N) is 5. The van der Waals surface area contributed by atoms with Crippen LogP contribution >= 0.6 is 24.4 Å². The second-order valence-corrected chi connectivity index (χ2v) is 5.93. The van der Waals surface area contributed by atoms with Gasteiger partial charge in [-0.3, -0.25) is 9.36 Å². The van der Waals surface area contributed by atoms with Crippen LogP contribution in [-0.4, -0.2) is 18.9 Å². The number of hydrogen-bond donors (Lipinski definition) is 0. The Labute approximate surface area is 133 Å². The molecule has 0 N–H and O–H groups in total. The minimum Gasteiger partial charge on any atom is -0.258 e. The van der Waals surface area contributed by atoms with Crippen molar-refractivity contribution in [2.24, 2.45) is 0 Å². The summed E-state index contributed by atoms with van der Waals surface area (Å²) in [5.74, 6) is 0.740. The molecule has 0 aliphatic carbocycles. The highest BCUT2D eigenvalue weighted by Gasteiger charge is 2.17. The summed E-state index contributed by atoms with van der Waals surface area (Å²) in [6.07, 6.45) is 2.24. The van der Waals surface area contributed by atoms with E-state index >= 15 is 0 Å². The largest absolute Gasteiger partial charge is 0.258 e. The molecule has 21 heavy (non-hydrogen) atoms. The molecule has 2 aromatic heterocycles. The predicted molar refractivity (Wildman–Crippen MR) is 86.2 cm³/mol. The quantitative estimate of drug-likeness (QED) is 0.591. The molecule has 108 valence electrons. The van der Waals surface area contributed by atoms with E-state index in [1.807, 2.05) is 24.5 Å². The zero-order chi connectivity index (χ0) is 15.1. The lowest BCUT2D eigenvalue weighted by Gasteiger charge is -2.15. The molecule has 0 saturated carbocycles. The van der Waals surface area contributed by atoms with Crippen LogP contribution in [0.2, 0.25) is 0 Å². The van der Waals surface area contributed by atoms with Gasteiger partial charge in [0.25, 0.3) is 0 Å². The summed E-state index contributed by atoms with van der Waals surface area (Å²) < 4.78 is 7.34. The van der Waals surface area contributed by atoms with Gasteiger partial charge in [-0.2, -0.15) is 0 Å². The standard InChI is InChI=1S/C14H15N5S2/c1-9-8-11(15-3)10(2)16-12(9)19-13(20)17-6-4-5-7-18(17)14(19)21/h8H,4-7H2,1-2H3. The lowest BCUT2D eigenvalue weighted by molar-refractivity contribution is 0.357. The second kappa shape index (κ2) is 5.20. The minimum atomic E-state index is 0.574. The van der Waals surface area contributed by atoms with Crippen molar-refractivity contribution >= 4 is 30.1 Å². The first-order valence-electron chi connectivity index (χ1n) is 6.83. The van der Waals surface area contributed by atoms with Crippen molar-refractivity contribution < 1.29 is 0 Å². The zero-order valence-electron chi connectivity index (χ0n) is 12.0. The maximum atomic E-state index is 7.18. The highest BCUT2D eigenvalue weighted by molar-refractivity contribution is 7.72. The summed E-state index contributed by atoms with van der Waals surface area (Å²) in [6.45, 7) is 12.7. The molecule has 0 aromatic carbocycles. The molecule has 2 aromatic rings. The molecule has 5 nitrogen and oxygen atoms in total. The van der Waals surface area contributed by atoms with Gasteiger partial charge in [-0.1, -0.05) is 0 Å². The Morgan fingerprint density at radius 3 is 2.24 bits per heavy atom. The highest BCUT2D eigenvalue weighted by atomic mass is 32.1. The van der Waals surface area contributed by atoms with E-state index in [9.17, 15) is 0 Å². The second-order valence-electron chi connectivity index (χ2n) is 5.20. The molecular formula is C14H15N5S2. The van der Waals surface area contributed by atoms with E-state index in [1.54, 1.807) is 0 Å². The van der Waals surface area contributed by atoms with E-state index in [4.69, 9.17) is 31.0 Å². The van der Waals surface area contributed by atoms with Gasteiger partial charge in [0.2, 0.25) is 15.2 Å². The Balaban J connectivity index is 2.30. The SMILES string of the molecule is [C-]#[N+]c1cc(C)c(-n2c(=S)n3n(c2=S)CCCC3)nc1C. The van der Waals surface area contributed by atoms with Crippen LogP contribution in [0.4, 0.5) is 5.69 Å². The first kappa shape index (κ1) is 14.2. The third-order valence-electron chi connectivity index (χ3n) is 3.79. The van der Waals surface area contributed by atoms with E-state index in [0.717, 1.165) is 37.3 Å². The minimum absolute atomic E-state index is 0.574. The zero-order valence-corrected chi connectivity index (χ0v) is 13.6. The van der Waals surface area contributed by atoms with Crippen LogP contribution in [0.5, 0.6) is 0 Å². The number of aromatic nitrogens is 4. The smallest absolute Gasteiger partial charge is 0.208 e. The molecule has 0 atom stereocenters. The molecule has 0 radical (unpaired) electrons. The molecule has 0 spiro atoms. The normalized spacial score (nSPS) is 13.8. The fourth-order valence-corrected chi connectivity index (χ4v) is 3.46. The number of aryl methyl sites for hydroxylation is 2. The number of fused-ring (bicyclic) bond motifs is 1. The van der Waals surface area contributed by atoms with Gasteiger partial charge in [0.1, 0.15) is 5.82 Å². The van der Waals surface area contributed by atoms with Crippen molar-refractivity contribution in [3.05, 3.63) is 38.3 Å².